The van der Waals surface area contributed by atoms with E-state index in [4.69, 9.17) is 0 Å². The van der Waals surface area contributed by atoms with Crippen LogP contribution in [0.15, 0.2) is 0 Å². The van der Waals surface area contributed by atoms with Gasteiger partial charge < -0.3 is 5.11 Å². The van der Waals surface area contributed by atoms with Gasteiger partial charge in [0, 0.05) is 6.54 Å². The van der Waals surface area contributed by atoms with Crippen molar-refractivity contribution in [3.63, 3.8) is 0 Å². The van der Waals surface area contributed by atoms with Gasteiger partial charge in [-0.05, 0) is 25.2 Å². The normalized spacial score (nSPS) is 20.1. The number of alkyl halides is 1. The van der Waals surface area contributed by atoms with Gasteiger partial charge in [0.2, 0.25) is 10.0 Å². The molecule has 1 fully saturated rings. The number of nitrogens with one attached hydrogen (secondary N) is 1. The first kappa shape index (κ1) is 13.9. The van der Waals surface area contributed by atoms with Crippen LogP contribution in [0.25, 0.3) is 0 Å². The fraction of sp³-hybridized carbons (Fsp3) is 1.00. The van der Waals surface area contributed by atoms with Gasteiger partial charge in [-0.3, -0.25) is 4.39 Å². The number of hydrogen-bond donors (Lipinski definition) is 2. The molecule has 1 aliphatic carbocycles. The Labute approximate surface area is 96.3 Å². The van der Waals surface area contributed by atoms with E-state index >= 15 is 0 Å². The van der Waals surface area contributed by atoms with Gasteiger partial charge in [-0.25, -0.2) is 13.1 Å². The predicted molar refractivity (Wildman–Crippen MR) is 60.3 cm³/mol. The molecule has 1 rings (SSSR count). The lowest BCUT2D eigenvalue weighted by Gasteiger charge is -2.17. The average molecular weight is 253 g/mol. The van der Waals surface area contributed by atoms with Crippen molar-refractivity contribution < 1.29 is 17.9 Å². The summed E-state index contributed by atoms with van der Waals surface area (Å²) in [5, 5.41) is 9.74. The molecule has 0 aromatic heterocycles. The van der Waals surface area contributed by atoms with Crippen molar-refractivity contribution in [1.29, 1.82) is 0 Å². The zero-order valence-corrected chi connectivity index (χ0v) is 10.2. The lowest BCUT2D eigenvalue weighted by molar-refractivity contribution is 0.115. The van der Waals surface area contributed by atoms with Crippen molar-refractivity contribution >= 4 is 10.0 Å². The minimum Gasteiger partial charge on any atom is -0.391 e. The van der Waals surface area contributed by atoms with Crippen molar-refractivity contribution in [3.8, 4) is 0 Å². The molecular weight excluding hydrogens is 233 g/mol. The van der Waals surface area contributed by atoms with E-state index in [9.17, 15) is 17.9 Å². The van der Waals surface area contributed by atoms with Gasteiger partial charge in [-0.2, -0.15) is 0 Å². The van der Waals surface area contributed by atoms with Crippen molar-refractivity contribution in [1.82, 2.24) is 4.72 Å². The summed E-state index contributed by atoms with van der Waals surface area (Å²) in [6.45, 7) is -0.578. The van der Waals surface area contributed by atoms with Gasteiger partial charge in [0.15, 0.2) is 0 Å². The predicted octanol–water partition coefficient (Wildman–Crippen LogP) is 0.816. The standard InChI is InChI=1S/C10H20FNO3S/c11-6-3-7-16(14,15)12-8-10(13)9-4-1-2-5-9/h9-10,12-13H,1-8H2. The minimum atomic E-state index is -3.42. The number of aliphatic hydroxyl groups is 1. The third-order valence-corrected chi connectivity index (χ3v) is 4.44. The molecule has 1 saturated carbocycles. The first-order valence-corrected chi connectivity index (χ1v) is 7.42. The van der Waals surface area contributed by atoms with Crippen LogP contribution in [0.1, 0.15) is 32.1 Å². The highest BCUT2D eigenvalue weighted by atomic mass is 32.2. The van der Waals surface area contributed by atoms with Crippen LogP contribution < -0.4 is 4.72 Å². The summed E-state index contributed by atoms with van der Waals surface area (Å²) in [7, 11) is -3.42. The Hall–Kier alpha value is -0.200. The first-order valence-electron chi connectivity index (χ1n) is 5.76. The Morgan fingerprint density at radius 3 is 2.56 bits per heavy atom. The Kier molecular flexibility index (Phi) is 5.64. The molecule has 1 unspecified atom stereocenters. The van der Waals surface area contributed by atoms with E-state index in [2.05, 4.69) is 4.72 Å². The van der Waals surface area contributed by atoms with E-state index < -0.39 is 22.8 Å². The van der Waals surface area contributed by atoms with E-state index in [0.717, 1.165) is 25.7 Å². The Morgan fingerprint density at radius 1 is 1.38 bits per heavy atom. The third-order valence-electron chi connectivity index (χ3n) is 3.00. The molecule has 0 saturated heterocycles. The summed E-state index contributed by atoms with van der Waals surface area (Å²) < 4.78 is 36.8. The fourth-order valence-electron chi connectivity index (χ4n) is 2.04. The smallest absolute Gasteiger partial charge is 0.211 e. The highest BCUT2D eigenvalue weighted by Gasteiger charge is 2.24. The molecular formula is C10H20FNO3S. The van der Waals surface area contributed by atoms with Gasteiger partial charge in [0.25, 0.3) is 0 Å². The molecule has 0 bridgehead atoms. The summed E-state index contributed by atoms with van der Waals surface area (Å²) in [6.07, 6.45) is 3.55. The quantitative estimate of drug-likeness (QED) is 0.706. The molecule has 16 heavy (non-hydrogen) atoms. The van der Waals surface area contributed by atoms with Crippen LogP contribution in [0.4, 0.5) is 4.39 Å². The SMILES string of the molecule is O=S(=O)(CCCF)NCC(O)C1CCCC1. The van der Waals surface area contributed by atoms with Crippen molar-refractivity contribution in [2.24, 2.45) is 5.92 Å². The molecule has 0 amide bonds. The summed E-state index contributed by atoms with van der Waals surface area (Å²) in [5.41, 5.74) is 0. The number of sulfonamides is 1. The van der Waals surface area contributed by atoms with Crippen LogP contribution in [0.2, 0.25) is 0 Å². The number of aliphatic hydroxyl groups excluding tert-OH is 1. The molecule has 0 aromatic rings. The van der Waals surface area contributed by atoms with E-state index in [-0.39, 0.29) is 24.6 Å². The molecule has 0 heterocycles. The summed E-state index contributed by atoms with van der Waals surface area (Å²) in [5.74, 6) is 0.00447. The van der Waals surface area contributed by atoms with Gasteiger partial charge in [-0.1, -0.05) is 12.8 Å². The molecule has 0 aliphatic heterocycles. The Balaban J connectivity index is 2.27. The highest BCUT2D eigenvalue weighted by Crippen LogP contribution is 2.27. The first-order chi connectivity index (χ1) is 7.55. The fourth-order valence-corrected chi connectivity index (χ4v) is 3.10. The van der Waals surface area contributed by atoms with E-state index in [1.165, 1.54) is 0 Å². The molecule has 1 atom stereocenters. The van der Waals surface area contributed by atoms with Crippen LogP contribution in [-0.4, -0.2) is 38.6 Å². The Bertz CT molecular complexity index is 288. The molecule has 0 aromatic carbocycles. The van der Waals surface area contributed by atoms with E-state index in [0.29, 0.717) is 0 Å². The molecule has 96 valence electrons. The van der Waals surface area contributed by atoms with E-state index in [1.54, 1.807) is 0 Å². The van der Waals surface area contributed by atoms with Crippen LogP contribution in [0.3, 0.4) is 0 Å². The maximum Gasteiger partial charge on any atom is 0.211 e. The highest BCUT2D eigenvalue weighted by molar-refractivity contribution is 7.89. The van der Waals surface area contributed by atoms with Crippen molar-refractivity contribution in [2.75, 3.05) is 19.0 Å². The average Bonchev–Trinajstić information content (AvgIpc) is 2.77. The van der Waals surface area contributed by atoms with Gasteiger partial charge in [0.05, 0.1) is 18.5 Å². The minimum absolute atomic E-state index is 0.00879. The summed E-state index contributed by atoms with van der Waals surface area (Å²) >= 11 is 0. The van der Waals surface area contributed by atoms with Gasteiger partial charge in [-0.15, -0.1) is 0 Å². The topological polar surface area (TPSA) is 66.4 Å². The summed E-state index contributed by atoms with van der Waals surface area (Å²) in [4.78, 5) is 0. The van der Waals surface area contributed by atoms with Crippen LogP contribution in [-0.2, 0) is 10.0 Å². The second-order valence-electron chi connectivity index (χ2n) is 4.32. The maximum absolute atomic E-state index is 11.8. The number of hydrogen-bond acceptors (Lipinski definition) is 3. The van der Waals surface area contributed by atoms with Crippen LogP contribution >= 0.6 is 0 Å². The lowest BCUT2D eigenvalue weighted by Crippen LogP contribution is -2.36. The molecule has 0 radical (unpaired) electrons. The van der Waals surface area contributed by atoms with Crippen LogP contribution in [0, 0.1) is 5.92 Å². The van der Waals surface area contributed by atoms with Crippen molar-refractivity contribution in [2.45, 2.75) is 38.2 Å². The molecule has 0 spiro atoms. The number of rotatable bonds is 7. The molecule has 4 nitrogen and oxygen atoms in total. The molecule has 6 heteroatoms. The van der Waals surface area contributed by atoms with Crippen LogP contribution in [0.5, 0.6) is 0 Å². The largest absolute Gasteiger partial charge is 0.391 e. The van der Waals surface area contributed by atoms with Gasteiger partial charge >= 0.3 is 0 Å². The monoisotopic (exact) mass is 253 g/mol. The second kappa shape index (κ2) is 6.51. The lowest BCUT2D eigenvalue weighted by atomic mass is 10.0. The molecule has 1 aliphatic rings. The maximum atomic E-state index is 11.8. The number of halogens is 1. The Morgan fingerprint density at radius 2 is 2.00 bits per heavy atom. The third kappa shape index (κ3) is 4.76. The van der Waals surface area contributed by atoms with Gasteiger partial charge in [0.1, 0.15) is 0 Å². The zero-order valence-electron chi connectivity index (χ0n) is 9.36. The van der Waals surface area contributed by atoms with Crippen molar-refractivity contribution in [3.05, 3.63) is 0 Å². The van der Waals surface area contributed by atoms with E-state index in [1.807, 2.05) is 0 Å². The summed E-state index contributed by atoms with van der Waals surface area (Å²) in [6, 6.07) is 0. The molecule has 2 N–H and O–H groups in total. The second-order valence-corrected chi connectivity index (χ2v) is 6.25. The zero-order chi connectivity index (χ0) is 12.0.